The van der Waals surface area contributed by atoms with Crippen molar-refractivity contribution in [1.29, 1.82) is 0 Å². The summed E-state index contributed by atoms with van der Waals surface area (Å²) in [5.41, 5.74) is 0.0619. The second-order valence-electron chi connectivity index (χ2n) is 10.2. The fourth-order valence-corrected chi connectivity index (χ4v) is 6.20. The number of aromatic hydroxyl groups is 1. The Morgan fingerprint density at radius 2 is 1.94 bits per heavy atom. The van der Waals surface area contributed by atoms with E-state index >= 15 is 0 Å². The molecule has 0 saturated carbocycles. The predicted molar refractivity (Wildman–Crippen MR) is 131 cm³/mol. The van der Waals surface area contributed by atoms with Gasteiger partial charge < -0.3 is 20.1 Å². The van der Waals surface area contributed by atoms with Crippen LogP contribution in [0.1, 0.15) is 57.4 Å². The number of ether oxygens (including phenoxy) is 1. The molecular formula is C26H40N4O4. The number of benzene rings is 1. The smallest absolute Gasteiger partial charge is 0.325 e. The quantitative estimate of drug-likeness (QED) is 0.537. The molecule has 2 N–H and O–H groups in total. The van der Waals surface area contributed by atoms with Gasteiger partial charge in [-0.3, -0.25) is 14.6 Å². The third-order valence-electron chi connectivity index (χ3n) is 8.18. The van der Waals surface area contributed by atoms with Crippen molar-refractivity contribution in [3.63, 3.8) is 0 Å². The number of hydrogen-bond acceptors (Lipinski definition) is 6. The minimum Gasteiger partial charge on any atom is -0.504 e. The fraction of sp³-hybridized carbons (Fsp3) is 0.692. The minimum absolute atomic E-state index is 0.0242. The average Bonchev–Trinajstić information content (AvgIpc) is 3.35. The Balaban J connectivity index is 1.39. The zero-order valence-electron chi connectivity index (χ0n) is 20.9. The van der Waals surface area contributed by atoms with Crippen LogP contribution >= 0.6 is 0 Å². The van der Waals surface area contributed by atoms with Crippen molar-refractivity contribution in [3.8, 4) is 11.5 Å². The van der Waals surface area contributed by atoms with Crippen LogP contribution in [0.2, 0.25) is 0 Å². The fourth-order valence-electron chi connectivity index (χ4n) is 6.20. The Kier molecular flexibility index (Phi) is 7.67. The van der Waals surface area contributed by atoms with Gasteiger partial charge in [0.1, 0.15) is 5.54 Å². The number of hydrogen-bond donors (Lipinski definition) is 2. The molecule has 0 aromatic heterocycles. The lowest BCUT2D eigenvalue weighted by atomic mass is 9.74. The number of nitrogens with one attached hydrogen (secondary N) is 1. The second kappa shape index (κ2) is 10.5. The van der Waals surface area contributed by atoms with Gasteiger partial charge in [0.05, 0.1) is 7.11 Å². The lowest BCUT2D eigenvalue weighted by molar-refractivity contribution is -0.134. The van der Waals surface area contributed by atoms with E-state index < -0.39 is 5.54 Å². The first kappa shape index (κ1) is 24.8. The van der Waals surface area contributed by atoms with Gasteiger partial charge in [-0.25, -0.2) is 4.79 Å². The number of imide groups is 1. The van der Waals surface area contributed by atoms with Gasteiger partial charge in [0, 0.05) is 24.7 Å². The summed E-state index contributed by atoms with van der Waals surface area (Å²) in [7, 11) is 3.68. The maximum absolute atomic E-state index is 13.7. The third kappa shape index (κ3) is 4.75. The maximum atomic E-state index is 13.7. The third-order valence-corrected chi connectivity index (χ3v) is 8.18. The number of phenols is 1. The van der Waals surface area contributed by atoms with E-state index in [1.165, 1.54) is 11.3 Å². The molecule has 1 aromatic rings. The highest BCUT2D eigenvalue weighted by atomic mass is 16.5. The van der Waals surface area contributed by atoms with Crippen LogP contribution in [0.3, 0.4) is 0 Å². The van der Waals surface area contributed by atoms with Gasteiger partial charge in [-0.1, -0.05) is 25.5 Å². The molecule has 0 aliphatic carbocycles. The van der Waals surface area contributed by atoms with E-state index in [0.717, 1.165) is 57.3 Å². The number of carbonyl (C=O) groups excluding carboxylic acids is 2. The molecule has 0 unspecified atom stereocenters. The summed E-state index contributed by atoms with van der Waals surface area (Å²) < 4.78 is 5.24. The monoisotopic (exact) mass is 472 g/mol. The number of urea groups is 1. The van der Waals surface area contributed by atoms with Crippen LogP contribution in [-0.2, 0) is 11.3 Å². The van der Waals surface area contributed by atoms with E-state index in [4.69, 9.17) is 4.74 Å². The standard InChI is InChI=1S/C26H40N4O4/c1-4-13-26(24(32)30(25(33)27-26)17-12-21-8-6-14-28(21)2)20-10-15-29(16-11-20)18-19-7-5-9-22(34-3)23(19)31/h5,7,9,20-21,31H,4,6,8,10-18H2,1-3H3,(H,27,33)/t21-,26+/m1/s1. The highest BCUT2D eigenvalue weighted by molar-refractivity contribution is 6.07. The van der Waals surface area contributed by atoms with Crippen LogP contribution in [0, 0.1) is 5.92 Å². The molecule has 3 saturated heterocycles. The van der Waals surface area contributed by atoms with E-state index in [-0.39, 0.29) is 23.6 Å². The Labute approximate surface area is 203 Å². The van der Waals surface area contributed by atoms with Gasteiger partial charge in [-0.2, -0.15) is 0 Å². The van der Waals surface area contributed by atoms with Gasteiger partial charge in [0.2, 0.25) is 0 Å². The lowest BCUT2D eigenvalue weighted by Crippen LogP contribution is -2.56. The summed E-state index contributed by atoms with van der Waals surface area (Å²) in [4.78, 5) is 32.7. The molecule has 3 amide bonds. The molecule has 3 aliphatic rings. The molecule has 8 heteroatoms. The minimum atomic E-state index is -0.780. The van der Waals surface area contributed by atoms with Crippen LogP contribution in [-0.4, -0.2) is 83.7 Å². The predicted octanol–water partition coefficient (Wildman–Crippen LogP) is 3.19. The number of phenolic OH excluding ortho intramolecular Hbond substituents is 1. The summed E-state index contributed by atoms with van der Waals surface area (Å²) >= 11 is 0. The molecule has 0 radical (unpaired) electrons. The largest absolute Gasteiger partial charge is 0.504 e. The van der Waals surface area contributed by atoms with E-state index in [1.807, 2.05) is 12.1 Å². The van der Waals surface area contributed by atoms with Crippen molar-refractivity contribution < 1.29 is 19.4 Å². The molecule has 2 atom stereocenters. The zero-order chi connectivity index (χ0) is 24.3. The number of piperidine rings is 1. The Morgan fingerprint density at radius 1 is 1.18 bits per heavy atom. The molecule has 1 aromatic carbocycles. The Morgan fingerprint density at radius 3 is 2.59 bits per heavy atom. The summed E-state index contributed by atoms with van der Waals surface area (Å²) in [5.74, 6) is 0.774. The van der Waals surface area contributed by atoms with Gasteiger partial charge in [-0.05, 0) is 77.2 Å². The number of amides is 3. The van der Waals surface area contributed by atoms with E-state index in [2.05, 4.69) is 29.1 Å². The van der Waals surface area contributed by atoms with Crippen LogP contribution < -0.4 is 10.1 Å². The van der Waals surface area contributed by atoms with E-state index in [0.29, 0.717) is 31.3 Å². The first-order valence-electron chi connectivity index (χ1n) is 12.8. The number of methoxy groups -OCH3 is 1. The number of rotatable bonds is 9. The Bertz CT molecular complexity index is 886. The molecule has 0 bridgehead atoms. The molecule has 3 fully saturated rings. The molecule has 3 heterocycles. The van der Waals surface area contributed by atoms with Crippen LogP contribution in [0.5, 0.6) is 11.5 Å². The number of carbonyl (C=O) groups is 2. The molecule has 4 rings (SSSR count). The van der Waals surface area contributed by atoms with Crippen molar-refractivity contribution in [3.05, 3.63) is 23.8 Å². The SMILES string of the molecule is CCC[C@@]1(C2CCN(Cc3cccc(OC)c3O)CC2)NC(=O)N(CC[C@H]2CCCN2C)C1=O. The van der Waals surface area contributed by atoms with Crippen LogP contribution in [0.4, 0.5) is 4.79 Å². The van der Waals surface area contributed by atoms with Gasteiger partial charge >= 0.3 is 6.03 Å². The number of nitrogens with zero attached hydrogens (tertiary/aromatic N) is 3. The molecule has 3 aliphatic heterocycles. The Hall–Kier alpha value is -2.32. The molecule has 0 spiro atoms. The molecular weight excluding hydrogens is 432 g/mol. The maximum Gasteiger partial charge on any atom is 0.325 e. The lowest BCUT2D eigenvalue weighted by Gasteiger charge is -2.41. The van der Waals surface area contributed by atoms with Crippen molar-refractivity contribution >= 4 is 11.9 Å². The second-order valence-corrected chi connectivity index (χ2v) is 10.2. The molecule has 188 valence electrons. The normalized spacial score (nSPS) is 26.9. The summed E-state index contributed by atoms with van der Waals surface area (Å²) in [6, 6.07) is 5.80. The zero-order valence-corrected chi connectivity index (χ0v) is 20.9. The first-order chi connectivity index (χ1) is 16.4. The van der Waals surface area contributed by atoms with Crippen molar-refractivity contribution in [2.24, 2.45) is 5.92 Å². The number of likely N-dealkylation sites (tertiary alicyclic amines) is 2. The van der Waals surface area contributed by atoms with Crippen molar-refractivity contribution in [1.82, 2.24) is 20.0 Å². The summed E-state index contributed by atoms with van der Waals surface area (Å²) in [6.07, 6.45) is 6.39. The molecule has 34 heavy (non-hydrogen) atoms. The van der Waals surface area contributed by atoms with Gasteiger partial charge in [-0.15, -0.1) is 0 Å². The van der Waals surface area contributed by atoms with E-state index in [1.54, 1.807) is 13.2 Å². The summed E-state index contributed by atoms with van der Waals surface area (Å²) in [5, 5.41) is 13.6. The molecule has 8 nitrogen and oxygen atoms in total. The topological polar surface area (TPSA) is 85.3 Å². The first-order valence-corrected chi connectivity index (χ1v) is 12.8. The van der Waals surface area contributed by atoms with Gasteiger partial charge in [0.25, 0.3) is 5.91 Å². The van der Waals surface area contributed by atoms with Crippen molar-refractivity contribution in [2.45, 2.75) is 70.0 Å². The van der Waals surface area contributed by atoms with E-state index in [9.17, 15) is 14.7 Å². The summed E-state index contributed by atoms with van der Waals surface area (Å²) in [6.45, 7) is 5.96. The van der Waals surface area contributed by atoms with Gasteiger partial charge in [0.15, 0.2) is 11.5 Å². The van der Waals surface area contributed by atoms with Crippen LogP contribution in [0.25, 0.3) is 0 Å². The number of para-hydroxylation sites is 1. The highest BCUT2D eigenvalue weighted by Gasteiger charge is 2.55. The average molecular weight is 473 g/mol. The van der Waals surface area contributed by atoms with Crippen molar-refractivity contribution in [2.75, 3.05) is 40.3 Å². The van der Waals surface area contributed by atoms with Crippen LogP contribution in [0.15, 0.2) is 18.2 Å². The highest BCUT2D eigenvalue weighted by Crippen LogP contribution is 2.38.